The van der Waals surface area contributed by atoms with Crippen molar-refractivity contribution in [2.24, 2.45) is 0 Å². The van der Waals surface area contributed by atoms with E-state index in [0.29, 0.717) is 10.7 Å². The van der Waals surface area contributed by atoms with Crippen LogP contribution in [-0.4, -0.2) is 15.6 Å². The first-order valence-electron chi connectivity index (χ1n) is 4.33. The highest BCUT2D eigenvalue weighted by molar-refractivity contribution is 6.31. The maximum absolute atomic E-state index is 10.6. The van der Waals surface area contributed by atoms with E-state index in [2.05, 4.69) is 0 Å². The van der Waals surface area contributed by atoms with Crippen molar-refractivity contribution in [2.45, 2.75) is 6.54 Å². The number of carboxylic acids is 1. The summed E-state index contributed by atoms with van der Waals surface area (Å²) in [6, 6.07) is 5.20. The average molecular weight is 225 g/mol. The molecule has 5 heteroatoms. The molecule has 0 aliphatic rings. The molecule has 3 N–H and O–H groups in total. The number of anilines is 1. The van der Waals surface area contributed by atoms with E-state index < -0.39 is 5.97 Å². The third-order valence-electron chi connectivity index (χ3n) is 2.18. The Morgan fingerprint density at radius 1 is 1.53 bits per heavy atom. The van der Waals surface area contributed by atoms with Gasteiger partial charge in [-0.3, -0.25) is 4.79 Å². The molecule has 2 aromatic rings. The number of nitrogens with zero attached hydrogens (tertiary/aromatic N) is 1. The molecule has 2 rings (SSSR count). The second kappa shape index (κ2) is 3.47. The van der Waals surface area contributed by atoms with Crippen molar-refractivity contribution in [3.63, 3.8) is 0 Å². The van der Waals surface area contributed by atoms with Crippen molar-refractivity contribution in [3.8, 4) is 0 Å². The van der Waals surface area contributed by atoms with Crippen molar-refractivity contribution in [3.05, 3.63) is 29.4 Å². The topological polar surface area (TPSA) is 68.2 Å². The Balaban J connectivity index is 2.62. The summed E-state index contributed by atoms with van der Waals surface area (Å²) < 4.78 is 1.59. The van der Waals surface area contributed by atoms with Gasteiger partial charge in [0.05, 0.1) is 11.2 Å². The second-order valence-corrected chi connectivity index (χ2v) is 3.70. The standard InChI is InChI=1S/C10H9ClN2O2/c11-6-1-2-9-7(3-6)8(12)4-13(9)5-10(14)15/h1-4H,5,12H2,(H,14,15). The Labute approximate surface area is 90.9 Å². The van der Waals surface area contributed by atoms with Gasteiger partial charge in [-0.25, -0.2) is 0 Å². The lowest BCUT2D eigenvalue weighted by Crippen LogP contribution is -2.07. The fourth-order valence-corrected chi connectivity index (χ4v) is 1.75. The van der Waals surface area contributed by atoms with Gasteiger partial charge in [-0.05, 0) is 18.2 Å². The molecule has 4 nitrogen and oxygen atoms in total. The zero-order chi connectivity index (χ0) is 11.0. The lowest BCUT2D eigenvalue weighted by molar-refractivity contribution is -0.137. The molecular weight excluding hydrogens is 216 g/mol. The van der Waals surface area contributed by atoms with Crippen LogP contribution in [0.5, 0.6) is 0 Å². The number of aromatic nitrogens is 1. The number of hydrogen-bond acceptors (Lipinski definition) is 2. The third-order valence-corrected chi connectivity index (χ3v) is 2.41. The van der Waals surface area contributed by atoms with Gasteiger partial charge in [0.15, 0.2) is 0 Å². The van der Waals surface area contributed by atoms with E-state index in [9.17, 15) is 4.79 Å². The second-order valence-electron chi connectivity index (χ2n) is 3.27. The largest absolute Gasteiger partial charge is 0.480 e. The molecule has 0 bridgehead atoms. The molecule has 0 spiro atoms. The first kappa shape index (κ1) is 9.86. The first-order chi connectivity index (χ1) is 7.08. The van der Waals surface area contributed by atoms with Crippen molar-refractivity contribution in [1.82, 2.24) is 4.57 Å². The maximum Gasteiger partial charge on any atom is 0.323 e. The molecule has 0 radical (unpaired) electrons. The Bertz CT molecular complexity index is 533. The summed E-state index contributed by atoms with van der Waals surface area (Å²) in [7, 11) is 0. The number of nitrogens with two attached hydrogens (primary N) is 1. The number of aliphatic carboxylic acids is 1. The third kappa shape index (κ3) is 1.76. The molecule has 0 fully saturated rings. The van der Waals surface area contributed by atoms with E-state index in [1.54, 1.807) is 29.0 Å². The van der Waals surface area contributed by atoms with Gasteiger partial charge in [0.1, 0.15) is 6.54 Å². The lowest BCUT2D eigenvalue weighted by atomic mass is 10.2. The van der Waals surface area contributed by atoms with Crippen LogP contribution in [0.1, 0.15) is 0 Å². The number of nitrogen functional groups attached to an aromatic ring is 1. The predicted molar refractivity (Wildman–Crippen MR) is 59.0 cm³/mol. The Morgan fingerprint density at radius 3 is 2.93 bits per heavy atom. The van der Waals surface area contributed by atoms with Crippen LogP contribution in [0.15, 0.2) is 24.4 Å². The summed E-state index contributed by atoms with van der Waals surface area (Å²) >= 11 is 5.82. The number of rotatable bonds is 2. The SMILES string of the molecule is Nc1cn(CC(=O)O)c2ccc(Cl)cc12. The summed E-state index contributed by atoms with van der Waals surface area (Å²) in [4.78, 5) is 10.6. The zero-order valence-electron chi connectivity index (χ0n) is 7.77. The van der Waals surface area contributed by atoms with E-state index >= 15 is 0 Å². The van der Waals surface area contributed by atoms with Gasteiger partial charge in [-0.2, -0.15) is 0 Å². The van der Waals surface area contributed by atoms with E-state index in [1.807, 2.05) is 0 Å². The van der Waals surface area contributed by atoms with Crippen molar-refractivity contribution < 1.29 is 9.90 Å². The summed E-state index contributed by atoms with van der Waals surface area (Å²) in [5.41, 5.74) is 7.06. The van der Waals surface area contributed by atoms with E-state index in [-0.39, 0.29) is 6.54 Å². The van der Waals surface area contributed by atoms with Crippen LogP contribution >= 0.6 is 11.6 Å². The van der Waals surface area contributed by atoms with Crippen molar-refractivity contribution in [2.75, 3.05) is 5.73 Å². The van der Waals surface area contributed by atoms with Gasteiger partial charge in [-0.1, -0.05) is 11.6 Å². The Morgan fingerprint density at radius 2 is 2.27 bits per heavy atom. The zero-order valence-corrected chi connectivity index (χ0v) is 8.53. The summed E-state index contributed by atoms with van der Waals surface area (Å²) in [6.07, 6.45) is 1.61. The quantitative estimate of drug-likeness (QED) is 0.820. The molecule has 0 amide bonds. The van der Waals surface area contributed by atoms with Gasteiger partial charge >= 0.3 is 5.97 Å². The van der Waals surface area contributed by atoms with Crippen LogP contribution in [0.4, 0.5) is 5.69 Å². The molecule has 0 unspecified atom stereocenters. The molecule has 0 aliphatic heterocycles. The van der Waals surface area contributed by atoms with Gasteiger partial charge in [0.25, 0.3) is 0 Å². The van der Waals surface area contributed by atoms with Crippen molar-refractivity contribution in [1.29, 1.82) is 0 Å². The number of halogens is 1. The van der Waals surface area contributed by atoms with Crippen LogP contribution in [-0.2, 0) is 11.3 Å². The highest BCUT2D eigenvalue weighted by Gasteiger charge is 2.08. The van der Waals surface area contributed by atoms with E-state index in [0.717, 1.165) is 10.9 Å². The van der Waals surface area contributed by atoms with Gasteiger partial charge in [-0.15, -0.1) is 0 Å². The fraction of sp³-hybridized carbons (Fsp3) is 0.100. The molecule has 0 saturated carbocycles. The van der Waals surface area contributed by atoms with Gasteiger partial charge < -0.3 is 15.4 Å². The van der Waals surface area contributed by atoms with E-state index in [1.165, 1.54) is 0 Å². The molecular formula is C10H9ClN2O2. The molecule has 1 aromatic carbocycles. The minimum absolute atomic E-state index is 0.102. The molecule has 78 valence electrons. The molecule has 15 heavy (non-hydrogen) atoms. The molecule has 1 aromatic heterocycles. The molecule has 1 heterocycles. The predicted octanol–water partition coefficient (Wildman–Crippen LogP) is 1.96. The molecule has 0 saturated heterocycles. The summed E-state index contributed by atoms with van der Waals surface area (Å²) in [5, 5.41) is 10.1. The van der Waals surface area contributed by atoms with Crippen LogP contribution in [0.25, 0.3) is 10.9 Å². The highest BCUT2D eigenvalue weighted by atomic mass is 35.5. The number of carboxylic acid groups (broad SMARTS) is 1. The highest BCUT2D eigenvalue weighted by Crippen LogP contribution is 2.26. The van der Waals surface area contributed by atoms with Gasteiger partial charge in [0.2, 0.25) is 0 Å². The van der Waals surface area contributed by atoms with Crippen LogP contribution in [0, 0.1) is 0 Å². The normalized spacial score (nSPS) is 10.7. The lowest BCUT2D eigenvalue weighted by Gasteiger charge is -2.00. The maximum atomic E-state index is 10.6. The summed E-state index contributed by atoms with van der Waals surface area (Å²) in [5.74, 6) is -0.901. The molecule has 0 atom stereocenters. The van der Waals surface area contributed by atoms with Crippen molar-refractivity contribution >= 4 is 34.2 Å². The van der Waals surface area contributed by atoms with Crippen LogP contribution in [0.3, 0.4) is 0 Å². The number of carbonyl (C=O) groups is 1. The van der Waals surface area contributed by atoms with Crippen LogP contribution < -0.4 is 5.73 Å². The average Bonchev–Trinajstić information content (AvgIpc) is 2.42. The Kier molecular flexibility index (Phi) is 2.28. The Hall–Kier alpha value is -1.68. The fourth-order valence-electron chi connectivity index (χ4n) is 1.57. The monoisotopic (exact) mass is 224 g/mol. The molecule has 0 aliphatic carbocycles. The minimum atomic E-state index is -0.901. The minimum Gasteiger partial charge on any atom is -0.480 e. The first-order valence-corrected chi connectivity index (χ1v) is 4.71. The van der Waals surface area contributed by atoms with Gasteiger partial charge in [0, 0.05) is 16.6 Å². The smallest absolute Gasteiger partial charge is 0.323 e. The van der Waals surface area contributed by atoms with E-state index in [4.69, 9.17) is 22.4 Å². The number of fused-ring (bicyclic) bond motifs is 1. The summed E-state index contributed by atoms with van der Waals surface area (Å²) in [6.45, 7) is -0.102. The van der Waals surface area contributed by atoms with Crippen LogP contribution in [0.2, 0.25) is 5.02 Å². The number of hydrogen-bond donors (Lipinski definition) is 2. The number of benzene rings is 1.